The van der Waals surface area contributed by atoms with Gasteiger partial charge in [-0.05, 0) is 44.2 Å². The fourth-order valence-corrected chi connectivity index (χ4v) is 3.87. The lowest BCUT2D eigenvalue weighted by Crippen LogP contribution is -1.99. The van der Waals surface area contributed by atoms with E-state index in [1.807, 2.05) is 0 Å². The number of hydrogen-bond acceptors (Lipinski definition) is 1. The Morgan fingerprint density at radius 1 is 0.600 bits per heavy atom. The molecule has 0 amide bonds. The highest BCUT2D eigenvalue weighted by molar-refractivity contribution is 5.63. The minimum Gasteiger partial charge on any atom is -0.253 e. The van der Waals surface area contributed by atoms with Crippen LogP contribution in [-0.2, 0) is 12.8 Å². The van der Waals surface area contributed by atoms with Crippen molar-refractivity contribution in [2.75, 3.05) is 0 Å². The van der Waals surface area contributed by atoms with E-state index in [9.17, 15) is 0 Å². The van der Waals surface area contributed by atoms with Gasteiger partial charge in [0.2, 0.25) is 0 Å². The first-order chi connectivity index (χ1) is 12.3. The van der Waals surface area contributed by atoms with Crippen molar-refractivity contribution in [3.63, 3.8) is 0 Å². The molecule has 0 atom stereocenters. The maximum absolute atomic E-state index is 5.08. The van der Waals surface area contributed by atoms with Crippen molar-refractivity contribution in [1.82, 2.24) is 4.98 Å². The van der Waals surface area contributed by atoms with Crippen molar-refractivity contribution in [2.24, 2.45) is 0 Å². The van der Waals surface area contributed by atoms with Crippen LogP contribution in [0.25, 0.3) is 11.3 Å². The minimum absolute atomic E-state index is 1.12. The molecule has 0 unspecified atom stereocenters. The monoisotopic (exact) mass is 335 g/mol. The number of benzene rings is 1. The van der Waals surface area contributed by atoms with Crippen LogP contribution in [0.4, 0.5) is 0 Å². The third kappa shape index (κ3) is 5.70. The van der Waals surface area contributed by atoms with E-state index in [0.717, 1.165) is 12.8 Å². The molecule has 2 heterocycles. The summed E-state index contributed by atoms with van der Waals surface area (Å²) in [5.41, 5.74) is 6.52. The largest absolute Gasteiger partial charge is 0.253 e. The number of fused-ring (bicyclic) bond motifs is 13. The van der Waals surface area contributed by atoms with E-state index >= 15 is 0 Å². The lowest BCUT2D eigenvalue weighted by Gasteiger charge is -2.12. The standard InChI is InChI=1S/C24H33N/c1-20-14-16-22(17-15-20)24-21-12-10-8-6-4-2-3-5-7-9-11-13-23(25-24)19-18-21/h14-19H,2-13H2,1H3. The van der Waals surface area contributed by atoms with Gasteiger partial charge in [0.05, 0.1) is 5.69 Å². The lowest BCUT2D eigenvalue weighted by atomic mass is 9.97. The molecule has 4 rings (SSSR count). The zero-order chi connectivity index (χ0) is 17.3. The van der Waals surface area contributed by atoms with Crippen molar-refractivity contribution >= 4 is 0 Å². The smallest absolute Gasteiger partial charge is 0.0737 e. The van der Waals surface area contributed by atoms with Gasteiger partial charge in [0.25, 0.3) is 0 Å². The first kappa shape index (κ1) is 18.2. The summed E-state index contributed by atoms with van der Waals surface area (Å²) in [7, 11) is 0. The Balaban J connectivity index is 1.81. The molecule has 1 aromatic carbocycles. The van der Waals surface area contributed by atoms with Crippen molar-refractivity contribution in [2.45, 2.75) is 84.0 Å². The average molecular weight is 336 g/mol. The first-order valence-corrected chi connectivity index (χ1v) is 10.4. The van der Waals surface area contributed by atoms with Crippen LogP contribution in [0.5, 0.6) is 0 Å². The van der Waals surface area contributed by atoms with Crippen molar-refractivity contribution < 1.29 is 0 Å². The molecule has 1 nitrogen and oxygen atoms in total. The topological polar surface area (TPSA) is 12.9 Å². The number of rotatable bonds is 1. The van der Waals surface area contributed by atoms with E-state index in [1.54, 1.807) is 0 Å². The molecule has 0 radical (unpaired) electrons. The van der Waals surface area contributed by atoms with Crippen LogP contribution in [0.1, 0.15) is 81.0 Å². The number of pyridine rings is 1. The summed E-state index contributed by atoms with van der Waals surface area (Å²) in [6.45, 7) is 2.15. The summed E-state index contributed by atoms with van der Waals surface area (Å²) in [4.78, 5) is 5.08. The Kier molecular flexibility index (Phi) is 7.09. The molecule has 1 aliphatic heterocycles. The highest BCUT2D eigenvalue weighted by atomic mass is 14.7. The molecule has 1 heteroatoms. The van der Waals surface area contributed by atoms with Crippen molar-refractivity contribution in [3.05, 3.63) is 53.2 Å². The molecule has 134 valence electrons. The van der Waals surface area contributed by atoms with Crippen LogP contribution in [-0.4, -0.2) is 4.98 Å². The van der Waals surface area contributed by atoms with E-state index in [-0.39, 0.29) is 0 Å². The van der Waals surface area contributed by atoms with Gasteiger partial charge in [-0.25, -0.2) is 0 Å². The van der Waals surface area contributed by atoms with Crippen LogP contribution in [0.15, 0.2) is 36.4 Å². The summed E-state index contributed by atoms with van der Waals surface area (Å²) in [5, 5.41) is 0. The van der Waals surface area contributed by atoms with Crippen LogP contribution in [0.2, 0.25) is 0 Å². The zero-order valence-electron chi connectivity index (χ0n) is 15.9. The summed E-state index contributed by atoms with van der Waals surface area (Å²) in [5.74, 6) is 0. The molecule has 1 aromatic heterocycles. The fraction of sp³-hybridized carbons (Fsp3) is 0.542. The van der Waals surface area contributed by atoms with Crippen molar-refractivity contribution in [3.8, 4) is 11.3 Å². The summed E-state index contributed by atoms with van der Waals surface area (Å²) < 4.78 is 0. The maximum Gasteiger partial charge on any atom is 0.0737 e. The van der Waals surface area contributed by atoms with Crippen LogP contribution in [0, 0.1) is 6.92 Å². The predicted molar refractivity (Wildman–Crippen MR) is 108 cm³/mol. The van der Waals surface area contributed by atoms with E-state index in [1.165, 1.54) is 92.3 Å². The molecule has 2 bridgehead atoms. The molecule has 0 fully saturated rings. The van der Waals surface area contributed by atoms with Crippen molar-refractivity contribution in [1.29, 1.82) is 0 Å². The number of hydrogen-bond donors (Lipinski definition) is 0. The molecule has 0 N–H and O–H groups in total. The summed E-state index contributed by atoms with van der Waals surface area (Å²) in [6.07, 6.45) is 16.1. The predicted octanol–water partition coefficient (Wildman–Crippen LogP) is 7.06. The second kappa shape index (κ2) is 9.75. The third-order valence-corrected chi connectivity index (χ3v) is 5.49. The van der Waals surface area contributed by atoms with Gasteiger partial charge in [-0.2, -0.15) is 0 Å². The number of aryl methyl sites for hydroxylation is 3. The Bertz CT molecular complexity index is 642. The van der Waals surface area contributed by atoms with Crippen LogP contribution >= 0.6 is 0 Å². The highest BCUT2D eigenvalue weighted by Gasteiger charge is 2.09. The van der Waals surface area contributed by atoms with Crippen LogP contribution < -0.4 is 0 Å². The zero-order valence-corrected chi connectivity index (χ0v) is 15.9. The first-order valence-electron chi connectivity index (χ1n) is 10.4. The van der Waals surface area contributed by atoms with E-state index in [0.29, 0.717) is 0 Å². The van der Waals surface area contributed by atoms with Gasteiger partial charge in [-0.15, -0.1) is 0 Å². The third-order valence-electron chi connectivity index (χ3n) is 5.49. The number of aromatic nitrogens is 1. The quantitative estimate of drug-likeness (QED) is 0.543. The fourth-order valence-electron chi connectivity index (χ4n) is 3.87. The van der Waals surface area contributed by atoms with Crippen LogP contribution in [0.3, 0.4) is 0 Å². The van der Waals surface area contributed by atoms with Gasteiger partial charge in [0.1, 0.15) is 0 Å². The molecule has 0 saturated heterocycles. The van der Waals surface area contributed by atoms with E-state index < -0.39 is 0 Å². The second-order valence-corrected chi connectivity index (χ2v) is 7.71. The molecule has 2 aliphatic rings. The molecule has 25 heavy (non-hydrogen) atoms. The van der Waals surface area contributed by atoms with Gasteiger partial charge in [0, 0.05) is 11.3 Å². The normalized spacial score (nSPS) is 17.5. The van der Waals surface area contributed by atoms with E-state index in [2.05, 4.69) is 43.3 Å². The Morgan fingerprint density at radius 3 is 1.80 bits per heavy atom. The van der Waals surface area contributed by atoms with E-state index in [4.69, 9.17) is 4.98 Å². The summed E-state index contributed by atoms with van der Waals surface area (Å²) in [6, 6.07) is 13.5. The van der Waals surface area contributed by atoms with Gasteiger partial charge in [-0.1, -0.05) is 87.3 Å². The molecular weight excluding hydrogens is 302 g/mol. The average Bonchev–Trinajstić information content (AvgIpc) is 2.63. The molecule has 0 saturated carbocycles. The molecule has 0 spiro atoms. The molecule has 1 aliphatic carbocycles. The number of nitrogens with zero attached hydrogens (tertiary/aromatic N) is 1. The minimum atomic E-state index is 1.12. The Morgan fingerprint density at radius 2 is 1.16 bits per heavy atom. The highest BCUT2D eigenvalue weighted by Crippen LogP contribution is 2.25. The van der Waals surface area contributed by atoms with Gasteiger partial charge in [0.15, 0.2) is 0 Å². The molecule has 2 aromatic rings. The maximum atomic E-state index is 5.08. The summed E-state index contributed by atoms with van der Waals surface area (Å²) >= 11 is 0. The lowest BCUT2D eigenvalue weighted by molar-refractivity contribution is 0.549. The van der Waals surface area contributed by atoms with Gasteiger partial charge in [-0.3, -0.25) is 4.98 Å². The van der Waals surface area contributed by atoms with Gasteiger partial charge < -0.3 is 0 Å². The SMILES string of the molecule is Cc1ccc(-c2nc3ccc2CCCCCCCCCCCC3)cc1. The Hall–Kier alpha value is -1.63. The Labute approximate surface area is 153 Å². The van der Waals surface area contributed by atoms with Gasteiger partial charge >= 0.3 is 0 Å². The second-order valence-electron chi connectivity index (χ2n) is 7.71. The molecular formula is C24H33N.